The number of carbonyl (C=O) groups excluding carboxylic acids is 1. The molecule has 1 aliphatic heterocycles. The Morgan fingerprint density at radius 2 is 1.93 bits per heavy atom. The number of aliphatic imine (C=N–C) groups is 1. The molecule has 0 radical (unpaired) electrons. The molecule has 1 atom stereocenters. The van der Waals surface area contributed by atoms with E-state index >= 15 is 0 Å². The maximum atomic E-state index is 13.3. The molecule has 2 aromatic rings. The lowest BCUT2D eigenvalue weighted by atomic mass is 9.82. The van der Waals surface area contributed by atoms with Crippen molar-refractivity contribution in [1.82, 2.24) is 4.90 Å². The number of nitriles is 1. The number of nitrogens with zero attached hydrogens (tertiary/aromatic N) is 3. The van der Waals surface area contributed by atoms with Crippen LogP contribution in [0, 0.1) is 11.3 Å². The number of halogens is 3. The molecule has 0 aliphatic carbocycles. The molecule has 1 unspecified atom stereocenters. The second-order valence-electron chi connectivity index (χ2n) is 6.47. The number of benzene rings is 2. The van der Waals surface area contributed by atoms with Crippen LogP contribution in [0.2, 0.25) is 0 Å². The molecule has 2 aromatic carbocycles. The number of ether oxygens (including phenoxy) is 2. The highest BCUT2D eigenvalue weighted by molar-refractivity contribution is 6.15. The first kappa shape index (κ1) is 21.3. The van der Waals surface area contributed by atoms with Gasteiger partial charge in [-0.25, -0.2) is 9.38 Å². The summed E-state index contributed by atoms with van der Waals surface area (Å²) in [5.74, 6) is -0.615. The van der Waals surface area contributed by atoms with Crippen LogP contribution in [-0.4, -0.2) is 43.6 Å². The van der Waals surface area contributed by atoms with Gasteiger partial charge in [-0.05, 0) is 28.8 Å². The average Bonchev–Trinajstić information content (AvgIpc) is 3.00. The summed E-state index contributed by atoms with van der Waals surface area (Å²) in [4.78, 5) is 18.8. The zero-order chi connectivity index (χ0) is 21.7. The van der Waals surface area contributed by atoms with Crippen molar-refractivity contribution in [2.75, 3.05) is 20.3 Å². The zero-order valence-electron chi connectivity index (χ0n) is 16.0. The molecule has 30 heavy (non-hydrogen) atoms. The number of hydrogen-bond acceptors (Lipinski definition) is 5. The average molecular weight is 417 g/mol. The van der Waals surface area contributed by atoms with E-state index in [2.05, 4.69) is 9.73 Å². The molecule has 9 heteroatoms. The summed E-state index contributed by atoms with van der Waals surface area (Å²) < 4.78 is 46.8. The van der Waals surface area contributed by atoms with Crippen LogP contribution in [0.15, 0.2) is 53.5 Å². The molecule has 0 saturated carbocycles. The van der Waals surface area contributed by atoms with Crippen LogP contribution in [0.5, 0.6) is 5.75 Å². The van der Waals surface area contributed by atoms with Gasteiger partial charge in [0, 0.05) is 7.05 Å². The van der Waals surface area contributed by atoms with Crippen LogP contribution >= 0.6 is 0 Å². The van der Waals surface area contributed by atoms with Gasteiger partial charge >= 0.3 is 6.61 Å². The van der Waals surface area contributed by atoms with Crippen molar-refractivity contribution in [2.24, 2.45) is 4.99 Å². The Morgan fingerprint density at radius 1 is 1.20 bits per heavy atom. The van der Waals surface area contributed by atoms with E-state index < -0.39 is 24.7 Å². The van der Waals surface area contributed by atoms with Gasteiger partial charge in [0.2, 0.25) is 5.84 Å². The van der Waals surface area contributed by atoms with Crippen LogP contribution in [-0.2, 0) is 21.7 Å². The van der Waals surface area contributed by atoms with Crippen LogP contribution < -0.4 is 4.74 Å². The fraction of sp³-hybridized carbons (Fsp3) is 0.286. The zero-order valence-corrected chi connectivity index (χ0v) is 16.0. The van der Waals surface area contributed by atoms with Crippen molar-refractivity contribution in [1.29, 1.82) is 5.26 Å². The molecular weight excluding hydrogens is 399 g/mol. The number of likely N-dealkylation sites (N-methyl/N-ethyl adjacent to an activating group) is 1. The maximum absolute atomic E-state index is 13.3. The SMILES string of the molecule is CN1C(=O)C(c2ccc(OC(F)F)cc2)(c2cccc(COCCF)c2)N=C1C#N. The van der Waals surface area contributed by atoms with Gasteiger partial charge in [-0.2, -0.15) is 14.0 Å². The topological polar surface area (TPSA) is 74.9 Å². The number of amides is 1. The number of carbonyl (C=O) groups is 1. The predicted octanol–water partition coefficient (Wildman–Crippen LogP) is 3.41. The molecule has 6 nitrogen and oxygen atoms in total. The van der Waals surface area contributed by atoms with E-state index in [4.69, 9.17) is 4.74 Å². The standard InChI is InChI=1S/C21H18F3N3O3/c1-27-18(12-25)26-21(19(27)28,15-5-7-17(8-6-15)30-20(23)24)16-4-2-3-14(11-16)13-29-10-9-22/h2-8,11,20H,9-10,13H2,1H3. The number of hydrogen-bond donors (Lipinski definition) is 0. The van der Waals surface area contributed by atoms with Crippen LogP contribution in [0.4, 0.5) is 13.2 Å². The molecular formula is C21H18F3N3O3. The summed E-state index contributed by atoms with van der Waals surface area (Å²) in [6.45, 7) is -3.52. The number of rotatable bonds is 8. The fourth-order valence-corrected chi connectivity index (χ4v) is 3.27. The van der Waals surface area contributed by atoms with E-state index in [0.29, 0.717) is 16.7 Å². The molecule has 3 rings (SSSR count). The Kier molecular flexibility index (Phi) is 6.37. The minimum atomic E-state index is -2.98. The van der Waals surface area contributed by atoms with E-state index in [9.17, 15) is 23.2 Å². The molecule has 156 valence electrons. The minimum Gasteiger partial charge on any atom is -0.435 e. The van der Waals surface area contributed by atoms with Crippen molar-refractivity contribution in [3.05, 3.63) is 65.2 Å². The molecule has 1 heterocycles. The normalized spacial score (nSPS) is 18.5. The lowest BCUT2D eigenvalue weighted by Gasteiger charge is -2.26. The van der Waals surface area contributed by atoms with Gasteiger partial charge in [-0.1, -0.05) is 36.4 Å². The molecule has 0 bridgehead atoms. The van der Waals surface area contributed by atoms with Crippen LogP contribution in [0.3, 0.4) is 0 Å². The highest BCUT2D eigenvalue weighted by Crippen LogP contribution is 2.40. The molecule has 0 fully saturated rings. The van der Waals surface area contributed by atoms with E-state index in [1.165, 1.54) is 31.3 Å². The summed E-state index contributed by atoms with van der Waals surface area (Å²) in [6, 6.07) is 14.3. The Balaban J connectivity index is 2.09. The van der Waals surface area contributed by atoms with Gasteiger partial charge in [0.25, 0.3) is 5.91 Å². The van der Waals surface area contributed by atoms with E-state index in [-0.39, 0.29) is 24.8 Å². The van der Waals surface area contributed by atoms with Gasteiger partial charge < -0.3 is 9.47 Å². The third kappa shape index (κ3) is 4.00. The number of alkyl halides is 3. The summed E-state index contributed by atoms with van der Waals surface area (Å²) >= 11 is 0. The van der Waals surface area contributed by atoms with Crippen LogP contribution in [0.1, 0.15) is 16.7 Å². The maximum Gasteiger partial charge on any atom is 0.387 e. The molecule has 1 aliphatic rings. The van der Waals surface area contributed by atoms with Crippen molar-refractivity contribution in [3.63, 3.8) is 0 Å². The quantitative estimate of drug-likeness (QED) is 0.617. The Bertz CT molecular complexity index is 989. The summed E-state index contributed by atoms with van der Waals surface area (Å²) in [5.41, 5.74) is -0.0326. The van der Waals surface area contributed by atoms with Gasteiger partial charge in [0.05, 0.1) is 13.2 Å². The summed E-state index contributed by atoms with van der Waals surface area (Å²) in [5, 5.41) is 9.39. The largest absolute Gasteiger partial charge is 0.435 e. The Morgan fingerprint density at radius 3 is 2.53 bits per heavy atom. The van der Waals surface area contributed by atoms with Crippen molar-refractivity contribution >= 4 is 11.7 Å². The second kappa shape index (κ2) is 8.97. The molecule has 0 aromatic heterocycles. The van der Waals surface area contributed by atoms with Gasteiger partial charge in [-0.15, -0.1) is 0 Å². The first-order valence-electron chi connectivity index (χ1n) is 8.99. The highest BCUT2D eigenvalue weighted by atomic mass is 19.3. The predicted molar refractivity (Wildman–Crippen MR) is 102 cm³/mol. The summed E-state index contributed by atoms with van der Waals surface area (Å²) in [7, 11) is 1.44. The van der Waals surface area contributed by atoms with Gasteiger partial charge in [0.1, 0.15) is 18.5 Å². The monoisotopic (exact) mass is 417 g/mol. The summed E-state index contributed by atoms with van der Waals surface area (Å²) in [6.07, 6.45) is 0. The van der Waals surface area contributed by atoms with E-state index in [1.54, 1.807) is 24.3 Å². The first-order chi connectivity index (χ1) is 14.4. The third-order valence-electron chi connectivity index (χ3n) is 4.64. The third-order valence-corrected chi connectivity index (χ3v) is 4.64. The smallest absolute Gasteiger partial charge is 0.387 e. The lowest BCUT2D eigenvalue weighted by molar-refractivity contribution is -0.129. The van der Waals surface area contributed by atoms with Crippen molar-refractivity contribution in [2.45, 2.75) is 18.8 Å². The van der Waals surface area contributed by atoms with E-state index in [0.717, 1.165) is 4.90 Å². The first-order valence-corrected chi connectivity index (χ1v) is 8.99. The van der Waals surface area contributed by atoms with Gasteiger partial charge in [0.15, 0.2) is 5.54 Å². The molecule has 0 spiro atoms. The van der Waals surface area contributed by atoms with Crippen molar-refractivity contribution in [3.8, 4) is 11.8 Å². The highest BCUT2D eigenvalue weighted by Gasteiger charge is 2.50. The lowest BCUT2D eigenvalue weighted by Crippen LogP contribution is -2.39. The fourth-order valence-electron chi connectivity index (χ4n) is 3.27. The van der Waals surface area contributed by atoms with Crippen LogP contribution in [0.25, 0.3) is 0 Å². The van der Waals surface area contributed by atoms with Gasteiger partial charge in [-0.3, -0.25) is 9.69 Å². The molecule has 1 amide bonds. The molecule has 0 N–H and O–H groups in total. The van der Waals surface area contributed by atoms with E-state index in [1.807, 2.05) is 6.07 Å². The van der Waals surface area contributed by atoms with Crippen molar-refractivity contribution < 1.29 is 27.4 Å². The second-order valence-corrected chi connectivity index (χ2v) is 6.47. The minimum absolute atomic E-state index is 0.0562. The molecule has 0 saturated heterocycles. The Labute approximate surface area is 171 Å². The Hall–Kier alpha value is -3.38. The number of amidine groups is 1.